The van der Waals surface area contributed by atoms with E-state index in [0.717, 1.165) is 16.3 Å². The number of nitrogens with zero attached hydrogens (tertiary/aromatic N) is 3. The number of benzene rings is 1. The first-order valence-corrected chi connectivity index (χ1v) is 8.59. The molecular weight excluding hydrogens is 322 g/mol. The fourth-order valence-corrected chi connectivity index (χ4v) is 3.01. The van der Waals surface area contributed by atoms with Gasteiger partial charge < -0.3 is 10.6 Å². The second-order valence-corrected chi connectivity index (χ2v) is 6.44. The van der Waals surface area contributed by atoms with E-state index in [0.29, 0.717) is 13.1 Å². The van der Waals surface area contributed by atoms with E-state index in [1.807, 2.05) is 53.5 Å². The topological polar surface area (TPSA) is 71.8 Å². The molecule has 3 rings (SSSR count). The third-order valence-electron chi connectivity index (χ3n) is 3.53. The van der Waals surface area contributed by atoms with Crippen LogP contribution >= 0.6 is 11.3 Å². The van der Waals surface area contributed by atoms with Crippen molar-refractivity contribution in [1.29, 1.82) is 0 Å². The van der Waals surface area contributed by atoms with Crippen LogP contribution in [0.5, 0.6) is 0 Å². The molecule has 2 heterocycles. The van der Waals surface area contributed by atoms with Gasteiger partial charge in [-0.2, -0.15) is 5.10 Å². The molecule has 0 spiro atoms. The Morgan fingerprint density at radius 2 is 2.25 bits per heavy atom. The van der Waals surface area contributed by atoms with Crippen molar-refractivity contribution in [2.24, 2.45) is 0 Å². The summed E-state index contributed by atoms with van der Waals surface area (Å²) in [4.78, 5) is 16.3. The lowest BCUT2D eigenvalue weighted by Crippen LogP contribution is -2.31. The highest BCUT2D eigenvalue weighted by Crippen LogP contribution is 2.16. The zero-order valence-electron chi connectivity index (χ0n) is 13.3. The third-order valence-corrected chi connectivity index (χ3v) is 4.54. The lowest BCUT2D eigenvalue weighted by molar-refractivity contribution is 0.251. The van der Waals surface area contributed by atoms with Crippen LogP contribution < -0.4 is 10.6 Å². The van der Waals surface area contributed by atoms with E-state index in [1.165, 1.54) is 0 Å². The summed E-state index contributed by atoms with van der Waals surface area (Å²) in [6.07, 6.45) is 5.44. The molecule has 1 atom stereocenters. The van der Waals surface area contributed by atoms with E-state index in [2.05, 4.69) is 20.7 Å². The molecule has 0 aliphatic heterocycles. The maximum atomic E-state index is 12.1. The van der Waals surface area contributed by atoms with Crippen molar-refractivity contribution < 1.29 is 4.79 Å². The average Bonchev–Trinajstić information content (AvgIpc) is 3.26. The Morgan fingerprint density at radius 1 is 1.33 bits per heavy atom. The van der Waals surface area contributed by atoms with Gasteiger partial charge in [0.1, 0.15) is 0 Å². The van der Waals surface area contributed by atoms with Crippen molar-refractivity contribution in [2.45, 2.75) is 19.4 Å². The highest BCUT2D eigenvalue weighted by molar-refractivity contribution is 7.09. The lowest BCUT2D eigenvalue weighted by atomic mass is 10.2. The normalized spacial score (nSPS) is 11.9. The van der Waals surface area contributed by atoms with Crippen LogP contribution in [0.2, 0.25) is 0 Å². The Morgan fingerprint density at radius 3 is 3.00 bits per heavy atom. The molecule has 2 aromatic heterocycles. The number of anilines is 1. The van der Waals surface area contributed by atoms with Crippen LogP contribution in [0, 0.1) is 0 Å². The molecule has 0 aliphatic rings. The molecule has 0 unspecified atom stereocenters. The Balaban J connectivity index is 1.52. The lowest BCUT2D eigenvalue weighted by Gasteiger charge is -2.12. The first-order chi connectivity index (χ1) is 11.7. The maximum Gasteiger partial charge on any atom is 0.319 e. The van der Waals surface area contributed by atoms with Crippen LogP contribution in [-0.2, 0) is 6.54 Å². The van der Waals surface area contributed by atoms with Gasteiger partial charge in [-0.25, -0.2) is 9.78 Å². The molecule has 2 amide bonds. The molecule has 7 heteroatoms. The van der Waals surface area contributed by atoms with Crippen molar-refractivity contribution in [2.75, 3.05) is 11.9 Å². The number of carbonyl (C=O) groups excluding carboxylic acids is 1. The molecule has 3 aromatic rings. The Labute approximate surface area is 144 Å². The van der Waals surface area contributed by atoms with Gasteiger partial charge in [-0.3, -0.25) is 4.68 Å². The summed E-state index contributed by atoms with van der Waals surface area (Å²) in [6.45, 7) is 3.27. The summed E-state index contributed by atoms with van der Waals surface area (Å²) in [5.41, 5.74) is 1.84. The molecule has 24 heavy (non-hydrogen) atoms. The molecular formula is C17H19N5OS. The Kier molecular flexibility index (Phi) is 5.22. The molecule has 0 bridgehead atoms. The zero-order chi connectivity index (χ0) is 16.8. The molecule has 124 valence electrons. The van der Waals surface area contributed by atoms with Gasteiger partial charge in [0.25, 0.3) is 0 Å². The first-order valence-electron chi connectivity index (χ1n) is 7.71. The first kappa shape index (κ1) is 16.2. The van der Waals surface area contributed by atoms with Crippen molar-refractivity contribution >= 4 is 23.1 Å². The van der Waals surface area contributed by atoms with Crippen molar-refractivity contribution in [3.8, 4) is 0 Å². The average molecular weight is 341 g/mol. The van der Waals surface area contributed by atoms with Gasteiger partial charge in [0.15, 0.2) is 0 Å². The second-order valence-electron chi connectivity index (χ2n) is 5.51. The molecule has 0 aliphatic carbocycles. The fraction of sp³-hybridized carbons (Fsp3) is 0.235. The predicted molar refractivity (Wildman–Crippen MR) is 95.3 cm³/mol. The van der Waals surface area contributed by atoms with Crippen LogP contribution in [0.1, 0.15) is 23.4 Å². The summed E-state index contributed by atoms with van der Waals surface area (Å²) in [7, 11) is 0. The van der Waals surface area contributed by atoms with Gasteiger partial charge in [0.2, 0.25) is 0 Å². The summed E-state index contributed by atoms with van der Waals surface area (Å²) >= 11 is 1.60. The quantitative estimate of drug-likeness (QED) is 0.722. The largest absolute Gasteiger partial charge is 0.337 e. The molecule has 2 N–H and O–H groups in total. The number of amides is 2. The SMILES string of the molecule is C[C@H](CNC(=O)Nc1cccc(Cn2cccn2)c1)c1nccs1. The van der Waals surface area contributed by atoms with E-state index < -0.39 is 0 Å². The van der Waals surface area contributed by atoms with Gasteiger partial charge in [-0.1, -0.05) is 19.1 Å². The highest BCUT2D eigenvalue weighted by Gasteiger charge is 2.10. The number of carbonyl (C=O) groups is 1. The van der Waals surface area contributed by atoms with Gasteiger partial charge in [0.05, 0.1) is 11.6 Å². The third kappa shape index (κ3) is 4.42. The zero-order valence-corrected chi connectivity index (χ0v) is 14.2. The van der Waals surface area contributed by atoms with E-state index in [9.17, 15) is 4.79 Å². The van der Waals surface area contributed by atoms with Crippen molar-refractivity contribution in [3.63, 3.8) is 0 Å². The minimum absolute atomic E-state index is 0.196. The number of aromatic nitrogens is 3. The molecule has 0 saturated carbocycles. The van der Waals surface area contributed by atoms with Gasteiger partial charge >= 0.3 is 6.03 Å². The number of hydrogen-bond donors (Lipinski definition) is 2. The fourth-order valence-electron chi connectivity index (χ4n) is 2.31. The summed E-state index contributed by atoms with van der Waals surface area (Å²) in [5, 5.41) is 12.9. The number of rotatable bonds is 6. The van der Waals surface area contributed by atoms with Crippen molar-refractivity contribution in [3.05, 3.63) is 64.9 Å². The maximum absolute atomic E-state index is 12.1. The van der Waals surface area contributed by atoms with Gasteiger partial charge in [-0.15, -0.1) is 11.3 Å². The van der Waals surface area contributed by atoms with Crippen LogP contribution in [0.4, 0.5) is 10.5 Å². The van der Waals surface area contributed by atoms with E-state index >= 15 is 0 Å². The number of nitrogens with one attached hydrogen (secondary N) is 2. The van der Waals surface area contributed by atoms with E-state index in [-0.39, 0.29) is 11.9 Å². The van der Waals surface area contributed by atoms with Crippen LogP contribution in [-0.4, -0.2) is 27.3 Å². The Bertz CT molecular complexity index is 770. The predicted octanol–water partition coefficient (Wildman–Crippen LogP) is 3.31. The smallest absolute Gasteiger partial charge is 0.319 e. The monoisotopic (exact) mass is 341 g/mol. The number of urea groups is 1. The summed E-state index contributed by atoms with van der Waals surface area (Å²) in [5.74, 6) is 0.196. The molecule has 6 nitrogen and oxygen atoms in total. The van der Waals surface area contributed by atoms with Crippen molar-refractivity contribution in [1.82, 2.24) is 20.1 Å². The van der Waals surface area contributed by atoms with E-state index in [4.69, 9.17) is 0 Å². The standard InChI is InChI=1S/C17H19N5OS/c1-13(16-18-7-9-24-16)11-19-17(23)21-15-5-2-4-14(10-15)12-22-8-3-6-20-22/h2-10,13H,11-12H2,1H3,(H2,19,21,23)/t13-/m1/s1. The minimum atomic E-state index is -0.213. The molecule has 0 saturated heterocycles. The molecule has 0 fully saturated rings. The minimum Gasteiger partial charge on any atom is -0.337 e. The molecule has 0 radical (unpaired) electrons. The van der Waals surface area contributed by atoms with E-state index in [1.54, 1.807) is 23.7 Å². The Hall–Kier alpha value is -2.67. The number of hydrogen-bond acceptors (Lipinski definition) is 4. The van der Waals surface area contributed by atoms with Crippen LogP contribution in [0.3, 0.4) is 0 Å². The number of thiazole rings is 1. The highest BCUT2D eigenvalue weighted by atomic mass is 32.1. The van der Waals surface area contributed by atoms with Crippen LogP contribution in [0.25, 0.3) is 0 Å². The second kappa shape index (κ2) is 7.74. The summed E-state index contributed by atoms with van der Waals surface area (Å²) < 4.78 is 1.84. The molecule has 1 aromatic carbocycles. The van der Waals surface area contributed by atoms with Crippen LogP contribution in [0.15, 0.2) is 54.3 Å². The van der Waals surface area contributed by atoms with Gasteiger partial charge in [-0.05, 0) is 23.8 Å². The van der Waals surface area contributed by atoms with Gasteiger partial charge in [0, 0.05) is 42.1 Å². The summed E-state index contributed by atoms with van der Waals surface area (Å²) in [6, 6.07) is 9.43.